The molecule has 5 aliphatic carbocycles. The van der Waals surface area contributed by atoms with Gasteiger partial charge in [-0.25, -0.2) is 0 Å². The molecule has 0 bridgehead atoms. The van der Waals surface area contributed by atoms with E-state index in [1.54, 1.807) is 5.57 Å². The Balaban J connectivity index is 1.57. The molecular weight excluding hydrogens is 432 g/mol. The van der Waals surface area contributed by atoms with Gasteiger partial charge in [-0.2, -0.15) is 0 Å². The van der Waals surface area contributed by atoms with Crippen molar-refractivity contribution in [2.45, 2.75) is 125 Å². The van der Waals surface area contributed by atoms with E-state index in [1.165, 1.54) is 38.5 Å². The van der Waals surface area contributed by atoms with Crippen molar-refractivity contribution in [2.24, 2.45) is 50.2 Å². The predicted octanol–water partition coefficient (Wildman–Crippen LogP) is 7.16. The Labute approximate surface area is 215 Å². The number of aliphatic hydroxyl groups excluding tert-OH is 2. The van der Waals surface area contributed by atoms with Gasteiger partial charge in [0.05, 0.1) is 18.8 Å². The van der Waals surface area contributed by atoms with Gasteiger partial charge in [0.1, 0.15) is 0 Å². The highest BCUT2D eigenvalue weighted by molar-refractivity contribution is 5.34. The van der Waals surface area contributed by atoms with Crippen LogP contribution in [0, 0.1) is 50.2 Å². The second kappa shape index (κ2) is 8.06. The van der Waals surface area contributed by atoms with Crippen LogP contribution in [0.5, 0.6) is 0 Å². The number of fused-ring (bicyclic) bond motifs is 7. The highest BCUT2D eigenvalue weighted by Gasteiger charge is 2.69. The quantitative estimate of drug-likeness (QED) is 0.416. The number of rotatable bonds is 3. The average Bonchev–Trinajstić information content (AvgIpc) is 2.78. The normalized spacial score (nSPS) is 55.1. The second-order valence-electron chi connectivity index (χ2n) is 15.6. The number of allylic oxidation sites excluding steroid dienone is 2. The first-order valence-electron chi connectivity index (χ1n) is 14.8. The van der Waals surface area contributed by atoms with E-state index in [2.05, 4.69) is 61.5 Å². The Hall–Kier alpha value is -0.380. The summed E-state index contributed by atoms with van der Waals surface area (Å²) in [6.07, 6.45) is 13.1. The zero-order valence-corrected chi connectivity index (χ0v) is 24.0. The number of ether oxygens (including phenoxy) is 1. The average molecular weight is 487 g/mol. The van der Waals surface area contributed by atoms with Crippen LogP contribution in [-0.2, 0) is 4.74 Å². The minimum atomic E-state index is -0.379. The van der Waals surface area contributed by atoms with Gasteiger partial charge in [0.2, 0.25) is 0 Å². The molecule has 0 aromatic heterocycles. The Kier molecular flexibility index (Phi) is 6.04. The number of hydrogen-bond acceptors (Lipinski definition) is 3. The standard InChI is InChI=1S/C32H54O3/c1-9-35-26-19-27(2,3)18-22-21-10-11-24-29(5)14-13-25(34)30(6,20-33)23(29)12-15-32(24,8)31(21,7)17-16-28(22,26)4/h10,22-26,33-34H,9,11-20H2,1-8H3/t22-,23+,24+,25-,26?,28+,29-,30+,31+,32+/m0/s1. The molecule has 0 spiro atoms. The van der Waals surface area contributed by atoms with Crippen molar-refractivity contribution in [3.63, 3.8) is 0 Å². The molecule has 35 heavy (non-hydrogen) atoms. The Morgan fingerprint density at radius 2 is 1.60 bits per heavy atom. The van der Waals surface area contributed by atoms with E-state index >= 15 is 0 Å². The summed E-state index contributed by atoms with van der Waals surface area (Å²) in [6, 6.07) is 0. The topological polar surface area (TPSA) is 49.7 Å². The zero-order chi connectivity index (χ0) is 25.7. The Morgan fingerprint density at radius 1 is 0.886 bits per heavy atom. The molecule has 0 aliphatic heterocycles. The molecule has 0 saturated heterocycles. The first-order valence-corrected chi connectivity index (χ1v) is 14.8. The van der Waals surface area contributed by atoms with Gasteiger partial charge >= 0.3 is 0 Å². The monoisotopic (exact) mass is 486 g/mol. The molecule has 0 amide bonds. The van der Waals surface area contributed by atoms with E-state index in [0.717, 1.165) is 25.9 Å². The summed E-state index contributed by atoms with van der Waals surface area (Å²) in [5.41, 5.74) is 2.62. The molecule has 200 valence electrons. The summed E-state index contributed by atoms with van der Waals surface area (Å²) in [5, 5.41) is 21.4. The van der Waals surface area contributed by atoms with E-state index in [0.29, 0.717) is 29.3 Å². The third kappa shape index (κ3) is 3.32. The molecule has 5 aliphatic rings. The maximum atomic E-state index is 11.0. The van der Waals surface area contributed by atoms with Crippen LogP contribution in [0.25, 0.3) is 0 Å². The van der Waals surface area contributed by atoms with Crippen LogP contribution in [0.15, 0.2) is 11.6 Å². The summed E-state index contributed by atoms with van der Waals surface area (Å²) in [7, 11) is 0. The van der Waals surface area contributed by atoms with Crippen molar-refractivity contribution >= 4 is 0 Å². The van der Waals surface area contributed by atoms with Crippen molar-refractivity contribution in [2.75, 3.05) is 13.2 Å². The van der Waals surface area contributed by atoms with Crippen molar-refractivity contribution < 1.29 is 14.9 Å². The summed E-state index contributed by atoms with van der Waals surface area (Å²) < 4.78 is 6.49. The van der Waals surface area contributed by atoms with Crippen LogP contribution < -0.4 is 0 Å². The summed E-state index contributed by atoms with van der Waals surface area (Å²) >= 11 is 0. The largest absolute Gasteiger partial charge is 0.396 e. The Morgan fingerprint density at radius 3 is 2.26 bits per heavy atom. The van der Waals surface area contributed by atoms with E-state index in [4.69, 9.17) is 4.74 Å². The molecule has 0 radical (unpaired) electrons. The zero-order valence-electron chi connectivity index (χ0n) is 24.0. The number of hydrogen-bond donors (Lipinski definition) is 2. The van der Waals surface area contributed by atoms with Gasteiger partial charge in [-0.1, -0.05) is 60.1 Å². The molecule has 4 saturated carbocycles. The van der Waals surface area contributed by atoms with Crippen LogP contribution in [0.1, 0.15) is 113 Å². The third-order valence-electron chi connectivity index (χ3n) is 13.6. The molecule has 2 N–H and O–H groups in total. The smallest absolute Gasteiger partial charge is 0.0639 e. The first kappa shape index (κ1) is 26.2. The van der Waals surface area contributed by atoms with Crippen LogP contribution in [0.2, 0.25) is 0 Å². The highest BCUT2D eigenvalue weighted by Crippen LogP contribution is 2.75. The lowest BCUT2D eigenvalue weighted by molar-refractivity contribution is -0.219. The maximum absolute atomic E-state index is 11.0. The highest BCUT2D eigenvalue weighted by atomic mass is 16.5. The van der Waals surface area contributed by atoms with Gasteiger partial charge < -0.3 is 14.9 Å². The fraction of sp³-hybridized carbons (Fsp3) is 0.938. The Bertz CT molecular complexity index is 878. The lowest BCUT2D eigenvalue weighted by Gasteiger charge is -2.71. The summed E-state index contributed by atoms with van der Waals surface area (Å²) in [6.45, 7) is 20.5. The predicted molar refractivity (Wildman–Crippen MR) is 143 cm³/mol. The minimum absolute atomic E-state index is 0.102. The molecule has 5 rings (SSSR count). The maximum Gasteiger partial charge on any atom is 0.0639 e. The van der Waals surface area contributed by atoms with Gasteiger partial charge in [0.15, 0.2) is 0 Å². The molecular formula is C32H54O3. The van der Waals surface area contributed by atoms with E-state index in [9.17, 15) is 10.2 Å². The van der Waals surface area contributed by atoms with Crippen molar-refractivity contribution in [3.8, 4) is 0 Å². The van der Waals surface area contributed by atoms with Gasteiger partial charge in [-0.3, -0.25) is 0 Å². The van der Waals surface area contributed by atoms with Crippen LogP contribution >= 0.6 is 0 Å². The van der Waals surface area contributed by atoms with Crippen molar-refractivity contribution in [1.29, 1.82) is 0 Å². The lowest BCUT2D eigenvalue weighted by Crippen LogP contribution is -2.66. The van der Waals surface area contributed by atoms with E-state index in [-0.39, 0.29) is 39.8 Å². The van der Waals surface area contributed by atoms with Gasteiger partial charge in [0.25, 0.3) is 0 Å². The molecule has 0 heterocycles. The van der Waals surface area contributed by atoms with E-state index < -0.39 is 0 Å². The summed E-state index contributed by atoms with van der Waals surface area (Å²) in [5.74, 6) is 1.62. The van der Waals surface area contributed by atoms with Gasteiger partial charge in [-0.15, -0.1) is 0 Å². The molecule has 4 fully saturated rings. The molecule has 1 unspecified atom stereocenters. The van der Waals surface area contributed by atoms with Crippen LogP contribution in [-0.4, -0.2) is 35.6 Å². The lowest BCUT2D eigenvalue weighted by atomic mass is 9.33. The molecule has 0 aromatic rings. The molecule has 0 aromatic carbocycles. The number of aliphatic hydroxyl groups is 2. The van der Waals surface area contributed by atoms with Crippen molar-refractivity contribution in [3.05, 3.63) is 11.6 Å². The van der Waals surface area contributed by atoms with Crippen LogP contribution in [0.3, 0.4) is 0 Å². The molecule has 10 atom stereocenters. The third-order valence-corrected chi connectivity index (χ3v) is 13.6. The first-order chi connectivity index (χ1) is 16.2. The van der Waals surface area contributed by atoms with E-state index in [1.807, 2.05) is 0 Å². The molecule has 3 nitrogen and oxygen atoms in total. The van der Waals surface area contributed by atoms with Crippen molar-refractivity contribution in [1.82, 2.24) is 0 Å². The van der Waals surface area contributed by atoms with Crippen LogP contribution in [0.4, 0.5) is 0 Å². The van der Waals surface area contributed by atoms with Gasteiger partial charge in [0, 0.05) is 17.4 Å². The fourth-order valence-corrected chi connectivity index (χ4v) is 11.1. The fourth-order valence-electron chi connectivity index (χ4n) is 11.1. The SMILES string of the molecule is CCOC1CC(C)(C)C[C@H]2C3=CC[C@@H]4[C@@]5(C)CC[C@H](O)[C@](C)(CO)[C@@H]5CC[C@@]4(C)[C@]3(C)CC[C@@]12C. The minimum Gasteiger partial charge on any atom is -0.396 e. The summed E-state index contributed by atoms with van der Waals surface area (Å²) in [4.78, 5) is 0. The van der Waals surface area contributed by atoms with Gasteiger partial charge in [-0.05, 0) is 104 Å². The second-order valence-corrected chi connectivity index (χ2v) is 15.6. The molecule has 3 heteroatoms.